The van der Waals surface area contributed by atoms with Gasteiger partial charge in [-0.2, -0.15) is 0 Å². The van der Waals surface area contributed by atoms with Crippen molar-refractivity contribution < 1.29 is 9.53 Å². The van der Waals surface area contributed by atoms with E-state index in [1.165, 1.54) is 18.4 Å². The van der Waals surface area contributed by atoms with Crippen LogP contribution >= 0.6 is 22.9 Å². The first-order valence-electron chi connectivity index (χ1n) is 8.11. The highest BCUT2D eigenvalue weighted by atomic mass is 35.5. The molecule has 0 aliphatic heterocycles. The maximum Gasteiger partial charge on any atom is 0.259 e. The van der Waals surface area contributed by atoms with Crippen LogP contribution in [0.3, 0.4) is 0 Å². The molecule has 0 spiro atoms. The Morgan fingerprint density at radius 2 is 1.96 bits per heavy atom. The molecule has 0 saturated heterocycles. The summed E-state index contributed by atoms with van der Waals surface area (Å²) in [6.45, 7) is 0. The number of methoxy groups -OCH3 is 1. The molecule has 0 saturated carbocycles. The molecule has 0 aliphatic rings. The summed E-state index contributed by atoms with van der Waals surface area (Å²) in [4.78, 5) is 22.4. The molecule has 0 bridgehead atoms. The first-order valence-corrected chi connectivity index (χ1v) is 9.30. The molecule has 0 unspecified atom stereocenters. The highest BCUT2D eigenvalue weighted by Crippen LogP contribution is 2.30. The first kappa shape index (κ1) is 17.5. The Balaban J connectivity index is 1.56. The van der Waals surface area contributed by atoms with Gasteiger partial charge in [-0.05, 0) is 54.6 Å². The van der Waals surface area contributed by atoms with E-state index >= 15 is 0 Å². The van der Waals surface area contributed by atoms with Crippen molar-refractivity contribution in [2.75, 3.05) is 12.4 Å². The fourth-order valence-electron chi connectivity index (χ4n) is 2.65. The zero-order valence-electron chi connectivity index (χ0n) is 14.3. The monoisotopic (exact) mass is 395 g/mol. The maximum absolute atomic E-state index is 12.6. The van der Waals surface area contributed by atoms with Crippen LogP contribution in [0.5, 0.6) is 5.75 Å². The smallest absolute Gasteiger partial charge is 0.259 e. The molecule has 0 fully saturated rings. The number of halogens is 1. The zero-order valence-corrected chi connectivity index (χ0v) is 15.8. The number of nitrogens with zero attached hydrogens (tertiary/aromatic N) is 2. The number of carbonyl (C=O) groups is 1. The van der Waals surface area contributed by atoms with Crippen LogP contribution in [0.25, 0.3) is 20.9 Å². The number of anilines is 1. The lowest BCUT2D eigenvalue weighted by molar-refractivity contribution is 0.102. The standard InChI is InChI=1S/C20H14ClN3O2S/c1-26-17-9-6-13(21)11-15(17)18(25)23-14-7-4-12(5-8-14)19-24-16-3-2-10-22-20(16)27-19/h2-11H,1H3,(H,23,25). The maximum atomic E-state index is 12.6. The quantitative estimate of drug-likeness (QED) is 0.511. The number of ether oxygens (including phenoxy) is 1. The Hall–Kier alpha value is -2.96. The van der Waals surface area contributed by atoms with Gasteiger partial charge >= 0.3 is 0 Å². The molecule has 1 amide bonds. The number of nitrogens with one attached hydrogen (secondary N) is 1. The van der Waals surface area contributed by atoms with Crippen LogP contribution in [0.4, 0.5) is 5.69 Å². The van der Waals surface area contributed by atoms with Crippen LogP contribution in [0, 0.1) is 0 Å². The highest BCUT2D eigenvalue weighted by molar-refractivity contribution is 7.21. The van der Waals surface area contributed by atoms with Gasteiger partial charge in [0.2, 0.25) is 0 Å². The predicted molar refractivity (Wildman–Crippen MR) is 109 cm³/mol. The van der Waals surface area contributed by atoms with Crippen LogP contribution in [-0.2, 0) is 0 Å². The number of carbonyl (C=O) groups excluding carboxylic acids is 1. The van der Waals surface area contributed by atoms with Gasteiger partial charge in [-0.3, -0.25) is 4.79 Å². The molecule has 5 nitrogen and oxygen atoms in total. The van der Waals surface area contributed by atoms with Gasteiger partial charge in [-0.1, -0.05) is 22.9 Å². The Kier molecular flexibility index (Phi) is 4.75. The Morgan fingerprint density at radius 1 is 1.15 bits per heavy atom. The molecule has 0 radical (unpaired) electrons. The molecule has 2 heterocycles. The minimum atomic E-state index is -0.286. The van der Waals surface area contributed by atoms with Crippen molar-refractivity contribution in [1.82, 2.24) is 9.97 Å². The van der Waals surface area contributed by atoms with Gasteiger partial charge in [0.25, 0.3) is 5.91 Å². The highest BCUT2D eigenvalue weighted by Gasteiger charge is 2.13. The van der Waals surface area contributed by atoms with Crippen LogP contribution in [0.15, 0.2) is 60.8 Å². The van der Waals surface area contributed by atoms with Gasteiger partial charge in [0.1, 0.15) is 21.1 Å². The van der Waals surface area contributed by atoms with E-state index in [4.69, 9.17) is 16.3 Å². The van der Waals surface area contributed by atoms with Gasteiger partial charge in [0, 0.05) is 22.5 Å². The summed E-state index contributed by atoms with van der Waals surface area (Å²) in [6, 6.07) is 16.3. The second-order valence-corrected chi connectivity index (χ2v) is 7.14. The third kappa shape index (κ3) is 3.63. The molecular weight excluding hydrogens is 382 g/mol. The lowest BCUT2D eigenvalue weighted by atomic mass is 10.1. The molecule has 27 heavy (non-hydrogen) atoms. The summed E-state index contributed by atoms with van der Waals surface area (Å²) in [5, 5.41) is 4.22. The van der Waals surface area contributed by atoms with Crippen LogP contribution in [-0.4, -0.2) is 23.0 Å². The van der Waals surface area contributed by atoms with Crippen LogP contribution in [0.1, 0.15) is 10.4 Å². The molecule has 0 atom stereocenters. The third-order valence-electron chi connectivity index (χ3n) is 3.96. The molecular formula is C20H14ClN3O2S. The van der Waals surface area contributed by atoms with E-state index in [1.54, 1.807) is 24.4 Å². The Labute approximate surface area is 164 Å². The number of thiazole rings is 1. The summed E-state index contributed by atoms with van der Waals surface area (Å²) in [7, 11) is 1.52. The fraction of sp³-hybridized carbons (Fsp3) is 0.0500. The van der Waals surface area contributed by atoms with Crippen LogP contribution in [0.2, 0.25) is 5.02 Å². The van der Waals surface area contributed by atoms with E-state index in [9.17, 15) is 4.79 Å². The van der Waals surface area contributed by atoms with E-state index in [2.05, 4.69) is 15.3 Å². The number of fused-ring (bicyclic) bond motifs is 1. The van der Waals surface area contributed by atoms with Crippen molar-refractivity contribution in [3.8, 4) is 16.3 Å². The minimum Gasteiger partial charge on any atom is -0.496 e. The number of hydrogen-bond acceptors (Lipinski definition) is 5. The summed E-state index contributed by atoms with van der Waals surface area (Å²) in [5.74, 6) is 0.182. The Bertz CT molecular complexity index is 1090. The molecule has 0 aliphatic carbocycles. The summed E-state index contributed by atoms with van der Waals surface area (Å²) >= 11 is 7.53. The molecule has 7 heteroatoms. The first-order chi connectivity index (χ1) is 13.1. The number of pyridine rings is 1. The number of rotatable bonds is 4. The second kappa shape index (κ2) is 7.34. The molecule has 2 aromatic carbocycles. The van der Waals surface area contributed by atoms with Crippen molar-refractivity contribution in [2.45, 2.75) is 0 Å². The normalized spacial score (nSPS) is 10.7. The summed E-state index contributed by atoms with van der Waals surface area (Å²) in [6.07, 6.45) is 1.76. The lowest BCUT2D eigenvalue weighted by Crippen LogP contribution is -2.13. The molecule has 4 rings (SSSR count). The van der Waals surface area contributed by atoms with E-state index in [1.807, 2.05) is 36.4 Å². The summed E-state index contributed by atoms with van der Waals surface area (Å²) in [5.41, 5.74) is 2.90. The molecule has 4 aromatic rings. The molecule has 2 aromatic heterocycles. The summed E-state index contributed by atoms with van der Waals surface area (Å²) < 4.78 is 5.23. The van der Waals surface area contributed by atoms with E-state index < -0.39 is 0 Å². The predicted octanol–water partition coefficient (Wildman–Crippen LogP) is 5.27. The van der Waals surface area contributed by atoms with E-state index in [0.717, 1.165) is 20.9 Å². The Morgan fingerprint density at radius 3 is 2.70 bits per heavy atom. The van der Waals surface area contributed by atoms with Gasteiger partial charge in [-0.25, -0.2) is 9.97 Å². The van der Waals surface area contributed by atoms with Crippen molar-refractivity contribution in [3.63, 3.8) is 0 Å². The number of hydrogen-bond donors (Lipinski definition) is 1. The van der Waals surface area contributed by atoms with Gasteiger partial charge in [0.15, 0.2) is 0 Å². The number of benzene rings is 2. The number of aromatic nitrogens is 2. The van der Waals surface area contributed by atoms with E-state index in [-0.39, 0.29) is 5.91 Å². The van der Waals surface area contributed by atoms with E-state index in [0.29, 0.717) is 22.0 Å². The van der Waals surface area contributed by atoms with Crippen molar-refractivity contribution in [2.24, 2.45) is 0 Å². The van der Waals surface area contributed by atoms with Crippen molar-refractivity contribution in [3.05, 3.63) is 71.4 Å². The average Bonchev–Trinajstić information content (AvgIpc) is 3.12. The largest absolute Gasteiger partial charge is 0.496 e. The zero-order chi connectivity index (χ0) is 18.8. The third-order valence-corrected chi connectivity index (χ3v) is 5.23. The van der Waals surface area contributed by atoms with Crippen molar-refractivity contribution in [1.29, 1.82) is 0 Å². The topological polar surface area (TPSA) is 64.1 Å². The SMILES string of the molecule is COc1ccc(Cl)cc1C(=O)Nc1ccc(-c2nc3cccnc3s2)cc1. The number of amides is 1. The van der Waals surface area contributed by atoms with Gasteiger partial charge in [0.05, 0.1) is 12.7 Å². The van der Waals surface area contributed by atoms with Gasteiger partial charge < -0.3 is 10.1 Å². The molecule has 1 N–H and O–H groups in total. The van der Waals surface area contributed by atoms with Crippen molar-refractivity contribution >= 4 is 44.9 Å². The lowest BCUT2D eigenvalue weighted by Gasteiger charge is -2.10. The second-order valence-electron chi connectivity index (χ2n) is 5.72. The van der Waals surface area contributed by atoms with Gasteiger partial charge in [-0.15, -0.1) is 0 Å². The average molecular weight is 396 g/mol. The van der Waals surface area contributed by atoms with Crippen LogP contribution < -0.4 is 10.1 Å². The fourth-order valence-corrected chi connectivity index (χ4v) is 3.73. The molecule has 134 valence electrons. The minimum absolute atomic E-state index is 0.286.